The zero-order valence-corrected chi connectivity index (χ0v) is 20.3. The van der Waals surface area contributed by atoms with E-state index in [-0.39, 0.29) is 17.7 Å². The second kappa shape index (κ2) is 10.6. The van der Waals surface area contributed by atoms with Crippen molar-refractivity contribution in [3.8, 4) is 5.69 Å². The number of fused-ring (bicyclic) bond motifs is 1. The van der Waals surface area contributed by atoms with Crippen LogP contribution in [0.2, 0.25) is 0 Å². The minimum atomic E-state index is -0.340. The van der Waals surface area contributed by atoms with Crippen LogP contribution in [0.15, 0.2) is 48.5 Å². The van der Waals surface area contributed by atoms with Gasteiger partial charge in [-0.3, -0.25) is 9.80 Å². The smallest absolute Gasteiger partial charge is 0.127 e. The van der Waals surface area contributed by atoms with Crippen molar-refractivity contribution in [1.82, 2.24) is 19.6 Å². The minimum Gasteiger partial charge on any atom is -0.392 e. The maximum atomic E-state index is 14.3. The summed E-state index contributed by atoms with van der Waals surface area (Å²) in [5.41, 5.74) is 4.86. The Labute approximate surface area is 206 Å². The van der Waals surface area contributed by atoms with Crippen LogP contribution in [0.4, 0.5) is 8.78 Å². The summed E-state index contributed by atoms with van der Waals surface area (Å²) in [6, 6.07) is 13.9. The van der Waals surface area contributed by atoms with E-state index in [0.29, 0.717) is 37.8 Å². The Balaban J connectivity index is 1.44. The third kappa shape index (κ3) is 5.63. The van der Waals surface area contributed by atoms with Gasteiger partial charge in [0.05, 0.1) is 23.2 Å². The van der Waals surface area contributed by atoms with Crippen molar-refractivity contribution >= 4 is 0 Å². The summed E-state index contributed by atoms with van der Waals surface area (Å²) in [6.45, 7) is 5.46. The second-order valence-corrected chi connectivity index (χ2v) is 9.92. The molecule has 5 nitrogen and oxygen atoms in total. The molecule has 1 atom stereocenters. The lowest BCUT2D eigenvalue weighted by molar-refractivity contribution is 0.0955. The molecule has 0 spiro atoms. The maximum absolute atomic E-state index is 14.3. The molecule has 2 aromatic carbocycles. The number of aliphatic hydroxyl groups is 1. The lowest BCUT2D eigenvalue weighted by Crippen LogP contribution is -2.35. The highest BCUT2D eigenvalue weighted by Crippen LogP contribution is 2.32. The number of hydrogen-bond donors (Lipinski definition) is 1. The van der Waals surface area contributed by atoms with Gasteiger partial charge >= 0.3 is 0 Å². The van der Waals surface area contributed by atoms with Crippen LogP contribution in [-0.4, -0.2) is 49.9 Å². The van der Waals surface area contributed by atoms with E-state index in [0.717, 1.165) is 55.7 Å². The van der Waals surface area contributed by atoms with Gasteiger partial charge in [0.1, 0.15) is 11.6 Å². The van der Waals surface area contributed by atoms with Gasteiger partial charge in [0.2, 0.25) is 0 Å². The number of benzene rings is 2. The lowest BCUT2D eigenvalue weighted by atomic mass is 10.0. The maximum Gasteiger partial charge on any atom is 0.127 e. The average molecular weight is 481 g/mol. The molecule has 1 aromatic heterocycles. The van der Waals surface area contributed by atoms with Crippen LogP contribution in [0.1, 0.15) is 55.1 Å². The van der Waals surface area contributed by atoms with E-state index in [2.05, 4.69) is 16.7 Å². The molecular formula is C28H34F2N4O. The highest BCUT2D eigenvalue weighted by molar-refractivity contribution is 5.39. The van der Waals surface area contributed by atoms with Gasteiger partial charge in [-0.25, -0.2) is 13.5 Å². The molecule has 7 heteroatoms. The zero-order chi connectivity index (χ0) is 24.4. The largest absolute Gasteiger partial charge is 0.392 e. The van der Waals surface area contributed by atoms with Gasteiger partial charge in [-0.2, -0.15) is 5.10 Å². The summed E-state index contributed by atoms with van der Waals surface area (Å²) in [4.78, 5) is 4.64. The van der Waals surface area contributed by atoms with E-state index < -0.39 is 0 Å². The predicted octanol–water partition coefficient (Wildman–Crippen LogP) is 4.83. The van der Waals surface area contributed by atoms with Crippen LogP contribution in [0.25, 0.3) is 5.69 Å². The van der Waals surface area contributed by atoms with Gasteiger partial charge in [-0.15, -0.1) is 0 Å². The van der Waals surface area contributed by atoms with Crippen molar-refractivity contribution in [3.63, 3.8) is 0 Å². The number of halogens is 2. The summed E-state index contributed by atoms with van der Waals surface area (Å²) >= 11 is 0. The summed E-state index contributed by atoms with van der Waals surface area (Å²) < 4.78 is 29.9. The first-order valence-corrected chi connectivity index (χ1v) is 12.7. The average Bonchev–Trinajstić information content (AvgIpc) is 3.64. The minimum absolute atomic E-state index is 0.176. The van der Waals surface area contributed by atoms with Crippen LogP contribution in [-0.2, 0) is 26.1 Å². The molecule has 1 unspecified atom stereocenters. The monoisotopic (exact) mass is 480 g/mol. The molecule has 2 aliphatic rings. The van der Waals surface area contributed by atoms with Crippen LogP contribution < -0.4 is 0 Å². The van der Waals surface area contributed by atoms with E-state index in [9.17, 15) is 13.9 Å². The van der Waals surface area contributed by atoms with Crippen molar-refractivity contribution < 1.29 is 13.9 Å². The number of aliphatic hydroxyl groups excluding tert-OH is 1. The van der Waals surface area contributed by atoms with E-state index >= 15 is 0 Å². The van der Waals surface area contributed by atoms with E-state index in [1.807, 2.05) is 16.8 Å². The van der Waals surface area contributed by atoms with Gasteiger partial charge in [-0.1, -0.05) is 31.5 Å². The highest BCUT2D eigenvalue weighted by Gasteiger charge is 2.33. The third-order valence-corrected chi connectivity index (χ3v) is 7.13. The first-order chi connectivity index (χ1) is 17.0. The molecular weight excluding hydrogens is 446 g/mol. The fraction of sp³-hybridized carbons (Fsp3) is 0.464. The molecule has 0 radical (unpaired) electrons. The van der Waals surface area contributed by atoms with Crippen LogP contribution in [0.3, 0.4) is 0 Å². The van der Waals surface area contributed by atoms with Crippen molar-refractivity contribution in [2.45, 2.75) is 70.8 Å². The molecule has 2 heterocycles. The first-order valence-electron chi connectivity index (χ1n) is 12.7. The third-order valence-electron chi connectivity index (χ3n) is 7.13. The number of hydrogen-bond acceptors (Lipinski definition) is 4. The standard InChI is InChI=1S/C28H34F2N4O/c1-2-5-24(35)17-33(22-12-13-22)19-27-25-18-32(16-20-6-3-4-7-26(20)30)15-14-28(25)34(31-27)23-10-8-21(29)9-11-23/h3-4,6-11,22,24,35H,2,5,12-19H2,1H3. The van der Waals surface area contributed by atoms with Gasteiger partial charge < -0.3 is 5.11 Å². The van der Waals surface area contributed by atoms with Gasteiger partial charge in [0.25, 0.3) is 0 Å². The van der Waals surface area contributed by atoms with Crippen molar-refractivity contribution in [1.29, 1.82) is 0 Å². The normalized spacial score (nSPS) is 17.1. The molecule has 0 saturated heterocycles. The fourth-order valence-corrected chi connectivity index (χ4v) is 5.14. The molecule has 35 heavy (non-hydrogen) atoms. The molecule has 1 saturated carbocycles. The molecule has 3 aromatic rings. The Morgan fingerprint density at radius 3 is 2.60 bits per heavy atom. The number of nitrogens with zero attached hydrogens (tertiary/aromatic N) is 4. The summed E-state index contributed by atoms with van der Waals surface area (Å²) in [5, 5.41) is 15.5. The fourth-order valence-electron chi connectivity index (χ4n) is 5.14. The summed E-state index contributed by atoms with van der Waals surface area (Å²) in [6.07, 6.45) is 4.50. The van der Waals surface area contributed by atoms with Crippen LogP contribution >= 0.6 is 0 Å². The lowest BCUT2D eigenvalue weighted by Gasteiger charge is -2.29. The topological polar surface area (TPSA) is 44.5 Å². The molecule has 186 valence electrons. The van der Waals surface area contributed by atoms with Gasteiger partial charge in [-0.05, 0) is 49.6 Å². The van der Waals surface area contributed by atoms with Gasteiger partial charge in [0.15, 0.2) is 0 Å². The molecule has 0 amide bonds. The predicted molar refractivity (Wildman–Crippen MR) is 132 cm³/mol. The Kier molecular flexibility index (Phi) is 7.27. The van der Waals surface area contributed by atoms with E-state index in [4.69, 9.17) is 5.10 Å². The SMILES string of the molecule is CCCC(O)CN(Cc1nn(-c2ccc(F)cc2)c2c1CN(Cc1ccccc1F)CC2)C1CC1. The Bertz CT molecular complexity index is 1140. The first kappa shape index (κ1) is 24.1. The Morgan fingerprint density at radius 1 is 1.11 bits per heavy atom. The number of aromatic nitrogens is 2. The second-order valence-electron chi connectivity index (χ2n) is 9.92. The number of rotatable bonds is 10. The Morgan fingerprint density at radius 2 is 1.89 bits per heavy atom. The van der Waals surface area contributed by atoms with Crippen molar-refractivity contribution in [3.05, 3.63) is 82.7 Å². The zero-order valence-electron chi connectivity index (χ0n) is 20.3. The summed E-state index contributed by atoms with van der Waals surface area (Å²) in [5.74, 6) is -0.443. The van der Waals surface area contributed by atoms with Crippen molar-refractivity contribution in [2.24, 2.45) is 0 Å². The molecule has 1 aliphatic carbocycles. The van der Waals surface area contributed by atoms with Crippen LogP contribution in [0.5, 0.6) is 0 Å². The summed E-state index contributed by atoms with van der Waals surface area (Å²) in [7, 11) is 0. The molecule has 1 N–H and O–H groups in total. The molecule has 1 fully saturated rings. The Hall–Kier alpha value is -2.61. The van der Waals surface area contributed by atoms with E-state index in [1.54, 1.807) is 18.2 Å². The molecule has 5 rings (SSSR count). The quantitative estimate of drug-likeness (QED) is 0.451. The molecule has 1 aliphatic heterocycles. The van der Waals surface area contributed by atoms with Gasteiger partial charge in [0, 0.05) is 56.3 Å². The van der Waals surface area contributed by atoms with E-state index in [1.165, 1.54) is 23.8 Å². The van der Waals surface area contributed by atoms with Crippen molar-refractivity contribution in [2.75, 3.05) is 13.1 Å². The van der Waals surface area contributed by atoms with Crippen LogP contribution in [0, 0.1) is 11.6 Å². The highest BCUT2D eigenvalue weighted by atomic mass is 19.1. The molecule has 0 bridgehead atoms.